The van der Waals surface area contributed by atoms with Gasteiger partial charge >= 0.3 is 12.1 Å². The van der Waals surface area contributed by atoms with Crippen LogP contribution in [-0.2, 0) is 15.7 Å². The molecule has 0 heterocycles. The van der Waals surface area contributed by atoms with Gasteiger partial charge in [0.1, 0.15) is 5.82 Å². The molecule has 4 nitrogen and oxygen atoms in total. The molecule has 2 rings (SSSR count). The van der Waals surface area contributed by atoms with Gasteiger partial charge in [-0.15, -0.1) is 0 Å². The van der Waals surface area contributed by atoms with Gasteiger partial charge in [0.2, 0.25) is 0 Å². The molecule has 0 spiro atoms. The number of carbonyl (C=O) groups is 2. The quantitative estimate of drug-likeness (QED) is 0.667. The Labute approximate surface area is 140 Å². The van der Waals surface area contributed by atoms with E-state index in [9.17, 15) is 27.2 Å². The van der Waals surface area contributed by atoms with Gasteiger partial charge in [-0.25, -0.2) is 9.18 Å². The number of anilines is 1. The van der Waals surface area contributed by atoms with Crippen LogP contribution in [0.2, 0.25) is 0 Å². The van der Waals surface area contributed by atoms with Gasteiger partial charge in [0.15, 0.2) is 6.61 Å². The van der Waals surface area contributed by atoms with Crippen LogP contribution in [0, 0.1) is 12.7 Å². The molecule has 0 unspecified atom stereocenters. The van der Waals surface area contributed by atoms with Crippen LogP contribution in [0.5, 0.6) is 0 Å². The van der Waals surface area contributed by atoms with E-state index in [1.165, 1.54) is 18.2 Å². The van der Waals surface area contributed by atoms with E-state index < -0.39 is 41.6 Å². The fourth-order valence-electron chi connectivity index (χ4n) is 1.98. The molecule has 0 atom stereocenters. The smallest absolute Gasteiger partial charge is 0.417 e. The molecule has 25 heavy (non-hydrogen) atoms. The maximum Gasteiger partial charge on any atom is 0.417 e. The van der Waals surface area contributed by atoms with Crippen LogP contribution in [-0.4, -0.2) is 18.5 Å². The van der Waals surface area contributed by atoms with Crippen LogP contribution in [0.1, 0.15) is 21.5 Å². The number of hydrogen-bond donors (Lipinski definition) is 1. The number of aryl methyl sites for hydroxylation is 1. The average Bonchev–Trinajstić information content (AvgIpc) is 2.55. The second-order valence-corrected chi connectivity index (χ2v) is 5.13. The normalized spacial score (nSPS) is 11.1. The maximum absolute atomic E-state index is 13.4. The largest absolute Gasteiger partial charge is 0.452 e. The van der Waals surface area contributed by atoms with E-state index >= 15 is 0 Å². The summed E-state index contributed by atoms with van der Waals surface area (Å²) >= 11 is 0. The van der Waals surface area contributed by atoms with Gasteiger partial charge in [-0.05, 0) is 36.8 Å². The van der Waals surface area contributed by atoms with Crippen molar-refractivity contribution >= 4 is 17.6 Å². The standard InChI is InChI=1S/C17H13F4NO3/c1-10-6-7-11(8-14(10)18)22-15(23)9-25-16(24)12-4-2-3-5-13(12)17(19,20)21/h2-8H,9H2,1H3,(H,22,23). The first kappa shape index (κ1) is 18.4. The molecule has 0 fully saturated rings. The van der Waals surface area contributed by atoms with Gasteiger partial charge in [-0.1, -0.05) is 18.2 Å². The summed E-state index contributed by atoms with van der Waals surface area (Å²) in [5, 5.41) is 2.28. The molecule has 0 saturated heterocycles. The number of nitrogens with one attached hydrogen (secondary N) is 1. The van der Waals surface area contributed by atoms with Crippen molar-refractivity contribution in [3.05, 3.63) is 65.0 Å². The summed E-state index contributed by atoms with van der Waals surface area (Å²) in [6, 6.07) is 8.05. The molecule has 1 amide bonds. The molecular weight excluding hydrogens is 342 g/mol. The Hall–Kier alpha value is -2.90. The Morgan fingerprint density at radius 3 is 2.44 bits per heavy atom. The molecule has 0 aliphatic carbocycles. The third-order valence-corrected chi connectivity index (χ3v) is 3.24. The van der Waals surface area contributed by atoms with E-state index in [1.807, 2.05) is 0 Å². The molecule has 0 radical (unpaired) electrons. The zero-order chi connectivity index (χ0) is 18.6. The molecule has 8 heteroatoms. The fraction of sp³-hybridized carbons (Fsp3) is 0.176. The number of carbonyl (C=O) groups excluding carboxylic acids is 2. The lowest BCUT2D eigenvalue weighted by atomic mass is 10.1. The number of ether oxygens (including phenoxy) is 1. The lowest BCUT2D eigenvalue weighted by Crippen LogP contribution is -2.22. The van der Waals surface area contributed by atoms with Gasteiger partial charge in [-0.2, -0.15) is 13.2 Å². The Balaban J connectivity index is 2.00. The summed E-state index contributed by atoms with van der Waals surface area (Å²) in [6.45, 7) is 0.737. The summed E-state index contributed by atoms with van der Waals surface area (Å²) in [4.78, 5) is 23.5. The van der Waals surface area contributed by atoms with E-state index in [1.54, 1.807) is 6.92 Å². The van der Waals surface area contributed by atoms with Gasteiger partial charge in [0.25, 0.3) is 5.91 Å². The summed E-state index contributed by atoms with van der Waals surface area (Å²) in [6.07, 6.45) is -4.72. The lowest BCUT2D eigenvalue weighted by Gasteiger charge is -2.12. The Bertz CT molecular complexity index is 803. The highest BCUT2D eigenvalue weighted by Gasteiger charge is 2.35. The predicted octanol–water partition coefficient (Wildman–Crippen LogP) is 3.95. The molecule has 132 valence electrons. The van der Waals surface area contributed by atoms with E-state index in [2.05, 4.69) is 10.1 Å². The molecule has 2 aromatic rings. The number of alkyl halides is 3. The van der Waals surface area contributed by atoms with E-state index in [-0.39, 0.29) is 5.69 Å². The summed E-state index contributed by atoms with van der Waals surface area (Å²) < 4.78 is 56.5. The highest BCUT2D eigenvalue weighted by atomic mass is 19.4. The third-order valence-electron chi connectivity index (χ3n) is 3.24. The predicted molar refractivity (Wildman–Crippen MR) is 81.5 cm³/mol. The van der Waals surface area contributed by atoms with Crippen LogP contribution >= 0.6 is 0 Å². The number of amides is 1. The second-order valence-electron chi connectivity index (χ2n) is 5.13. The summed E-state index contributed by atoms with van der Waals surface area (Å²) in [5.41, 5.74) is -1.32. The number of benzene rings is 2. The SMILES string of the molecule is Cc1ccc(NC(=O)COC(=O)c2ccccc2C(F)(F)F)cc1F. The average molecular weight is 355 g/mol. The van der Waals surface area contributed by atoms with Crippen molar-refractivity contribution in [1.82, 2.24) is 0 Å². The number of hydrogen-bond acceptors (Lipinski definition) is 3. The Morgan fingerprint density at radius 2 is 1.80 bits per heavy atom. The summed E-state index contributed by atoms with van der Waals surface area (Å²) in [5.74, 6) is -2.62. The van der Waals surface area contributed by atoms with Gasteiger partial charge in [0, 0.05) is 5.69 Å². The van der Waals surface area contributed by atoms with E-state index in [0.717, 1.165) is 24.3 Å². The summed E-state index contributed by atoms with van der Waals surface area (Å²) in [7, 11) is 0. The minimum Gasteiger partial charge on any atom is -0.452 e. The molecule has 1 N–H and O–H groups in total. The lowest BCUT2D eigenvalue weighted by molar-refractivity contribution is -0.138. The van der Waals surface area contributed by atoms with Crippen LogP contribution < -0.4 is 5.32 Å². The Morgan fingerprint density at radius 1 is 1.12 bits per heavy atom. The van der Waals surface area contributed by atoms with Crippen LogP contribution in [0.4, 0.5) is 23.2 Å². The molecule has 2 aromatic carbocycles. The second kappa shape index (κ2) is 7.33. The van der Waals surface area contributed by atoms with Gasteiger partial charge in [-0.3, -0.25) is 4.79 Å². The molecule has 0 aliphatic heterocycles. The zero-order valence-corrected chi connectivity index (χ0v) is 13.0. The van der Waals surface area contributed by atoms with Crippen LogP contribution in [0.25, 0.3) is 0 Å². The number of esters is 1. The number of rotatable bonds is 4. The minimum atomic E-state index is -4.72. The molecule has 0 aliphatic rings. The molecular formula is C17H13F4NO3. The first-order valence-electron chi connectivity index (χ1n) is 7.08. The van der Waals surface area contributed by atoms with Gasteiger partial charge < -0.3 is 10.1 Å². The van der Waals surface area contributed by atoms with Crippen molar-refractivity contribution in [2.24, 2.45) is 0 Å². The highest BCUT2D eigenvalue weighted by molar-refractivity contribution is 5.96. The van der Waals surface area contributed by atoms with Crippen molar-refractivity contribution in [3.8, 4) is 0 Å². The molecule has 0 aromatic heterocycles. The van der Waals surface area contributed by atoms with E-state index in [4.69, 9.17) is 0 Å². The van der Waals surface area contributed by atoms with Crippen LogP contribution in [0.3, 0.4) is 0 Å². The molecule has 0 saturated carbocycles. The molecule has 0 bridgehead atoms. The van der Waals surface area contributed by atoms with Crippen molar-refractivity contribution in [2.45, 2.75) is 13.1 Å². The minimum absolute atomic E-state index is 0.139. The van der Waals surface area contributed by atoms with E-state index in [0.29, 0.717) is 5.56 Å². The van der Waals surface area contributed by atoms with Crippen LogP contribution in [0.15, 0.2) is 42.5 Å². The van der Waals surface area contributed by atoms with Gasteiger partial charge in [0.05, 0.1) is 11.1 Å². The first-order valence-corrected chi connectivity index (χ1v) is 7.08. The zero-order valence-electron chi connectivity index (χ0n) is 13.0. The fourth-order valence-corrected chi connectivity index (χ4v) is 1.98. The first-order chi connectivity index (χ1) is 11.7. The topological polar surface area (TPSA) is 55.4 Å². The van der Waals surface area contributed by atoms with Crippen molar-refractivity contribution < 1.29 is 31.9 Å². The highest BCUT2D eigenvalue weighted by Crippen LogP contribution is 2.32. The monoisotopic (exact) mass is 355 g/mol. The Kier molecular flexibility index (Phi) is 5.41. The van der Waals surface area contributed by atoms with Crippen molar-refractivity contribution in [2.75, 3.05) is 11.9 Å². The van der Waals surface area contributed by atoms with Crippen molar-refractivity contribution in [3.63, 3.8) is 0 Å². The number of halogens is 4. The third kappa shape index (κ3) is 4.79. The van der Waals surface area contributed by atoms with Crippen molar-refractivity contribution in [1.29, 1.82) is 0 Å². The maximum atomic E-state index is 13.4.